The largest absolute Gasteiger partial charge is 0.364 e. The van der Waals surface area contributed by atoms with Gasteiger partial charge < -0.3 is 10.3 Å². The predicted molar refractivity (Wildman–Crippen MR) is 108 cm³/mol. The Labute approximate surface area is 185 Å². The molecule has 1 atom stereocenters. The first-order valence-corrected chi connectivity index (χ1v) is 10.3. The highest BCUT2D eigenvalue weighted by molar-refractivity contribution is 5.93. The lowest BCUT2D eigenvalue weighted by Crippen LogP contribution is -2.64. The summed E-state index contributed by atoms with van der Waals surface area (Å²) in [5, 5.41) is 13.6. The molecule has 0 saturated heterocycles. The van der Waals surface area contributed by atoms with Gasteiger partial charge >= 0.3 is 0 Å². The molecule has 1 aliphatic carbocycles. The quantitative estimate of drug-likeness (QED) is 0.487. The average Bonchev–Trinajstić information content (AvgIpc) is 3.42. The summed E-state index contributed by atoms with van der Waals surface area (Å²) in [5.41, 5.74) is 5.32. The van der Waals surface area contributed by atoms with Crippen molar-refractivity contribution in [2.45, 2.75) is 56.2 Å². The van der Waals surface area contributed by atoms with E-state index >= 15 is 0 Å². The molecule has 1 fully saturated rings. The van der Waals surface area contributed by atoms with Crippen molar-refractivity contribution < 1.29 is 22.4 Å². The summed E-state index contributed by atoms with van der Waals surface area (Å²) in [6, 6.07) is 4.65. The van der Waals surface area contributed by atoms with Gasteiger partial charge in [-0.3, -0.25) is 15.1 Å². The Bertz CT molecular complexity index is 1220. The van der Waals surface area contributed by atoms with Crippen LogP contribution in [-0.4, -0.2) is 36.8 Å². The molecule has 8 nitrogen and oxygen atoms in total. The molecule has 4 N–H and O–H groups in total. The first kappa shape index (κ1) is 21.6. The fourth-order valence-electron chi connectivity index (χ4n) is 5.31. The predicted octanol–water partition coefficient (Wildman–Crippen LogP) is 2.71. The normalized spacial score (nSPS) is 22.8. The number of H-pyrrole nitrogens is 1. The van der Waals surface area contributed by atoms with Crippen LogP contribution in [0.2, 0.25) is 0 Å². The Morgan fingerprint density at radius 3 is 2.64 bits per heavy atom. The van der Waals surface area contributed by atoms with Crippen molar-refractivity contribution in [3.8, 4) is 0 Å². The number of hydrogen-bond donors (Lipinski definition) is 3. The Hall–Kier alpha value is -3.28. The van der Waals surface area contributed by atoms with E-state index in [1.54, 1.807) is 23.6 Å². The number of nitrogens with zero attached hydrogens (tertiary/aromatic N) is 4. The zero-order chi connectivity index (χ0) is 23.6. The molecule has 1 unspecified atom stereocenters. The minimum Gasteiger partial charge on any atom is -0.364 e. The summed E-state index contributed by atoms with van der Waals surface area (Å²) in [4.78, 5) is 15.8. The maximum Gasteiger partial charge on any atom is 0.280 e. The molecule has 0 aromatic carbocycles. The molecule has 4 heterocycles. The molecule has 33 heavy (non-hydrogen) atoms. The van der Waals surface area contributed by atoms with Crippen molar-refractivity contribution in [2.75, 3.05) is 0 Å². The highest BCUT2D eigenvalue weighted by Gasteiger charge is 2.62. The number of nitrogens with one attached hydrogen (secondary N) is 2. The summed E-state index contributed by atoms with van der Waals surface area (Å²) >= 11 is 0. The Morgan fingerprint density at radius 1 is 1.27 bits per heavy atom. The lowest BCUT2D eigenvalue weighted by Gasteiger charge is -2.51. The van der Waals surface area contributed by atoms with Gasteiger partial charge in [0, 0.05) is 37.7 Å². The van der Waals surface area contributed by atoms with Crippen molar-refractivity contribution in [3.63, 3.8) is 0 Å². The van der Waals surface area contributed by atoms with Crippen LogP contribution in [0.3, 0.4) is 0 Å². The lowest BCUT2D eigenvalue weighted by atomic mass is 9.69. The SMILES string of the molecule is Cc1cc2n(c1C(N)=O)CC(NC1(c3cn[nH]n3)CC(F)(F)C1)(c1ccnc(C(F)F)c1)C2. The second kappa shape index (κ2) is 7.11. The molecule has 12 heteroatoms. The van der Waals surface area contributed by atoms with Crippen LogP contribution in [0.1, 0.15) is 58.0 Å². The Morgan fingerprint density at radius 2 is 2.03 bits per heavy atom. The molecule has 0 spiro atoms. The van der Waals surface area contributed by atoms with E-state index in [-0.39, 0.29) is 13.0 Å². The number of halogens is 4. The summed E-state index contributed by atoms with van der Waals surface area (Å²) in [5.74, 6) is -3.54. The van der Waals surface area contributed by atoms with E-state index in [9.17, 15) is 22.4 Å². The Kier molecular flexibility index (Phi) is 4.64. The van der Waals surface area contributed by atoms with Gasteiger partial charge in [-0.25, -0.2) is 17.6 Å². The number of carbonyl (C=O) groups is 1. The monoisotopic (exact) mass is 463 g/mol. The van der Waals surface area contributed by atoms with E-state index in [2.05, 4.69) is 25.7 Å². The Balaban J connectivity index is 1.63. The van der Waals surface area contributed by atoms with Crippen LogP contribution in [-0.2, 0) is 24.0 Å². The van der Waals surface area contributed by atoms with Gasteiger partial charge in [-0.15, -0.1) is 0 Å². The molecular weight excluding hydrogens is 442 g/mol. The molecule has 0 radical (unpaired) electrons. The van der Waals surface area contributed by atoms with E-state index in [4.69, 9.17) is 5.73 Å². The number of aromatic nitrogens is 5. The third-order valence-corrected chi connectivity index (χ3v) is 6.58. The number of aryl methyl sites for hydroxylation is 1. The summed E-state index contributed by atoms with van der Waals surface area (Å²) in [6.07, 6.45) is -0.953. The van der Waals surface area contributed by atoms with Crippen molar-refractivity contribution >= 4 is 5.91 Å². The fourth-order valence-corrected chi connectivity index (χ4v) is 5.31. The van der Waals surface area contributed by atoms with Crippen LogP contribution in [0.5, 0.6) is 0 Å². The van der Waals surface area contributed by atoms with Crippen LogP contribution in [0.15, 0.2) is 30.6 Å². The average molecular weight is 463 g/mol. The van der Waals surface area contributed by atoms with Crippen LogP contribution >= 0.6 is 0 Å². The number of carbonyl (C=O) groups excluding carboxylic acids is 1. The molecule has 3 aromatic heterocycles. The summed E-state index contributed by atoms with van der Waals surface area (Å²) in [7, 11) is 0. The molecule has 5 rings (SSSR count). The fraction of sp³-hybridized carbons (Fsp3) is 0.429. The van der Waals surface area contributed by atoms with Gasteiger partial charge in [0.25, 0.3) is 18.3 Å². The number of pyridine rings is 1. The molecule has 1 amide bonds. The number of primary amides is 1. The summed E-state index contributed by atoms with van der Waals surface area (Å²) in [6.45, 7) is 1.89. The highest BCUT2D eigenvalue weighted by atomic mass is 19.3. The van der Waals surface area contributed by atoms with Crippen molar-refractivity contribution in [2.24, 2.45) is 5.73 Å². The van der Waals surface area contributed by atoms with Crippen LogP contribution in [0.25, 0.3) is 0 Å². The topological polar surface area (TPSA) is 115 Å². The lowest BCUT2D eigenvalue weighted by molar-refractivity contribution is -0.148. The minimum absolute atomic E-state index is 0.131. The van der Waals surface area contributed by atoms with Crippen molar-refractivity contribution in [1.29, 1.82) is 0 Å². The van der Waals surface area contributed by atoms with E-state index in [0.717, 1.165) is 5.69 Å². The van der Waals surface area contributed by atoms with Gasteiger partial charge in [0.05, 0.1) is 17.3 Å². The highest BCUT2D eigenvalue weighted by Crippen LogP contribution is 2.54. The molecule has 174 valence electrons. The smallest absolute Gasteiger partial charge is 0.280 e. The third-order valence-electron chi connectivity index (χ3n) is 6.58. The van der Waals surface area contributed by atoms with Gasteiger partial charge in [-0.05, 0) is 36.2 Å². The number of fused-ring (bicyclic) bond motifs is 1. The third kappa shape index (κ3) is 3.39. The maximum absolute atomic E-state index is 14.1. The summed E-state index contributed by atoms with van der Waals surface area (Å²) < 4.78 is 56.9. The molecule has 0 bridgehead atoms. The number of amides is 1. The first-order chi connectivity index (χ1) is 15.5. The first-order valence-electron chi connectivity index (χ1n) is 10.3. The van der Waals surface area contributed by atoms with E-state index in [1.165, 1.54) is 18.5 Å². The van der Waals surface area contributed by atoms with Crippen LogP contribution < -0.4 is 11.1 Å². The second-order valence-electron chi connectivity index (χ2n) is 8.92. The molecule has 3 aromatic rings. The number of alkyl halides is 4. The number of hydrogen-bond acceptors (Lipinski definition) is 5. The minimum atomic E-state index is -2.91. The zero-order valence-electron chi connectivity index (χ0n) is 17.6. The van der Waals surface area contributed by atoms with E-state index < -0.39 is 47.9 Å². The number of aromatic amines is 1. The molecule has 1 aliphatic heterocycles. The van der Waals surface area contributed by atoms with E-state index in [1.807, 2.05) is 0 Å². The van der Waals surface area contributed by atoms with Gasteiger partial charge in [0.1, 0.15) is 17.1 Å². The molecular formula is C21H21F4N7O. The van der Waals surface area contributed by atoms with Crippen LogP contribution in [0, 0.1) is 6.92 Å². The zero-order valence-corrected chi connectivity index (χ0v) is 17.6. The van der Waals surface area contributed by atoms with Crippen molar-refractivity contribution in [1.82, 2.24) is 30.3 Å². The van der Waals surface area contributed by atoms with E-state index in [0.29, 0.717) is 22.5 Å². The van der Waals surface area contributed by atoms with Gasteiger partial charge in [-0.1, -0.05) is 0 Å². The van der Waals surface area contributed by atoms with Gasteiger partial charge in [0.15, 0.2) is 0 Å². The molecule has 1 saturated carbocycles. The standard InChI is InChI=1S/C21H21F4N7O/c1-11-4-13-6-19(10-32(13)16(11)18(26)33,12-2-3-27-14(5-12)17(22)23)30-20(8-21(24,25)9-20)15-7-28-31-29-15/h2-5,7,17,30H,6,8-10H2,1H3,(H2,26,33)(H,28,29,31). The van der Waals surface area contributed by atoms with Crippen LogP contribution in [0.4, 0.5) is 17.6 Å². The second-order valence-corrected chi connectivity index (χ2v) is 8.92. The number of rotatable bonds is 6. The van der Waals surface area contributed by atoms with Gasteiger partial charge in [0.2, 0.25) is 0 Å². The number of nitrogens with two attached hydrogens (primary N) is 1. The maximum atomic E-state index is 14.1. The van der Waals surface area contributed by atoms with Crippen molar-refractivity contribution in [3.05, 3.63) is 64.5 Å². The molecule has 2 aliphatic rings. The van der Waals surface area contributed by atoms with Gasteiger partial charge in [-0.2, -0.15) is 15.4 Å².